The Bertz CT molecular complexity index is 1070. The van der Waals surface area contributed by atoms with E-state index in [9.17, 15) is 14.7 Å². The molecule has 1 fully saturated rings. The van der Waals surface area contributed by atoms with Gasteiger partial charge in [-0.1, -0.05) is 50.2 Å². The summed E-state index contributed by atoms with van der Waals surface area (Å²) >= 11 is 0. The third-order valence-corrected chi connectivity index (χ3v) is 7.30. The van der Waals surface area contributed by atoms with E-state index in [0.717, 1.165) is 48.9 Å². The van der Waals surface area contributed by atoms with Crippen molar-refractivity contribution in [2.24, 2.45) is 5.92 Å². The van der Waals surface area contributed by atoms with Crippen LogP contribution in [0, 0.1) is 19.8 Å². The van der Waals surface area contributed by atoms with Gasteiger partial charge in [-0.05, 0) is 81.5 Å². The number of carbonyl (C=O) groups is 2. The smallest absolute Gasteiger partial charge is 0.336 e. The molecule has 1 saturated carbocycles. The largest absolute Gasteiger partial charge is 0.478 e. The van der Waals surface area contributed by atoms with Crippen molar-refractivity contribution in [1.29, 1.82) is 0 Å². The minimum atomic E-state index is -0.922. The second kappa shape index (κ2) is 14.3. The lowest BCUT2D eigenvalue weighted by Crippen LogP contribution is -2.44. The van der Waals surface area contributed by atoms with Crippen molar-refractivity contribution in [3.05, 3.63) is 64.7 Å². The SMILES string of the molecule is Cc1ccccc1NC(=O)N(CCOC1CCCC(OCc2cccc(C)c2C(=O)O)C1)C(C)CC(C)C. The molecule has 2 aromatic carbocycles. The average Bonchev–Trinajstić information content (AvgIpc) is 2.86. The number of rotatable bonds is 12. The van der Waals surface area contributed by atoms with Crippen LogP contribution in [0.5, 0.6) is 0 Å². The molecule has 0 aliphatic heterocycles. The Hall–Kier alpha value is -2.90. The molecule has 7 nitrogen and oxygen atoms in total. The van der Waals surface area contributed by atoms with E-state index in [1.807, 2.05) is 61.2 Å². The van der Waals surface area contributed by atoms with Crippen LogP contribution in [0.2, 0.25) is 0 Å². The highest BCUT2D eigenvalue weighted by atomic mass is 16.5. The van der Waals surface area contributed by atoms with Crippen molar-refractivity contribution in [2.45, 2.75) is 91.6 Å². The molecule has 0 heterocycles. The van der Waals surface area contributed by atoms with Crippen LogP contribution in [0.4, 0.5) is 10.5 Å². The maximum absolute atomic E-state index is 13.2. The Labute approximate surface area is 227 Å². The Morgan fingerprint density at radius 1 is 1.00 bits per heavy atom. The third kappa shape index (κ3) is 8.57. The summed E-state index contributed by atoms with van der Waals surface area (Å²) in [6.45, 7) is 11.5. The van der Waals surface area contributed by atoms with Gasteiger partial charge in [0.1, 0.15) is 0 Å². The van der Waals surface area contributed by atoms with Gasteiger partial charge in [-0.25, -0.2) is 9.59 Å². The highest BCUT2D eigenvalue weighted by molar-refractivity contribution is 5.91. The number of carbonyl (C=O) groups excluding carboxylic acids is 1. The molecule has 0 spiro atoms. The summed E-state index contributed by atoms with van der Waals surface area (Å²) < 4.78 is 12.4. The molecule has 0 aromatic heterocycles. The number of anilines is 1. The maximum Gasteiger partial charge on any atom is 0.336 e. The van der Waals surface area contributed by atoms with E-state index < -0.39 is 5.97 Å². The number of nitrogens with one attached hydrogen (secondary N) is 1. The molecular formula is C31H44N2O5. The summed E-state index contributed by atoms with van der Waals surface area (Å²) in [6, 6.07) is 13.3. The Kier molecular flexibility index (Phi) is 11.2. The van der Waals surface area contributed by atoms with E-state index >= 15 is 0 Å². The van der Waals surface area contributed by atoms with Crippen molar-refractivity contribution in [2.75, 3.05) is 18.5 Å². The number of hydrogen-bond donors (Lipinski definition) is 2. The Morgan fingerprint density at radius 3 is 2.37 bits per heavy atom. The van der Waals surface area contributed by atoms with Gasteiger partial charge in [0.25, 0.3) is 0 Å². The highest BCUT2D eigenvalue weighted by Crippen LogP contribution is 2.26. The van der Waals surface area contributed by atoms with Crippen molar-refractivity contribution >= 4 is 17.7 Å². The lowest BCUT2D eigenvalue weighted by atomic mass is 9.94. The van der Waals surface area contributed by atoms with Gasteiger partial charge in [0.2, 0.25) is 0 Å². The summed E-state index contributed by atoms with van der Waals surface area (Å²) in [5, 5.41) is 12.7. The van der Waals surface area contributed by atoms with Crippen molar-refractivity contribution in [3.63, 3.8) is 0 Å². The van der Waals surface area contributed by atoms with Crippen LogP contribution in [-0.4, -0.2) is 53.4 Å². The molecule has 2 N–H and O–H groups in total. The molecule has 1 aliphatic carbocycles. The molecule has 2 amide bonds. The number of carboxylic acid groups (broad SMARTS) is 1. The molecule has 2 aromatic rings. The quantitative estimate of drug-likeness (QED) is 0.318. The van der Waals surface area contributed by atoms with E-state index in [4.69, 9.17) is 9.47 Å². The van der Waals surface area contributed by atoms with Crippen LogP contribution in [-0.2, 0) is 16.1 Å². The second-order valence-corrected chi connectivity index (χ2v) is 10.9. The zero-order chi connectivity index (χ0) is 27.7. The molecule has 1 aliphatic rings. The van der Waals surface area contributed by atoms with E-state index in [0.29, 0.717) is 30.2 Å². The van der Waals surface area contributed by atoms with E-state index in [-0.39, 0.29) is 30.9 Å². The first kappa shape index (κ1) is 29.7. The molecule has 3 rings (SSSR count). The number of aryl methyl sites for hydroxylation is 2. The summed E-state index contributed by atoms with van der Waals surface area (Å²) in [4.78, 5) is 26.8. The van der Waals surface area contributed by atoms with E-state index in [1.54, 1.807) is 0 Å². The monoisotopic (exact) mass is 524 g/mol. The summed E-state index contributed by atoms with van der Waals surface area (Å²) in [7, 11) is 0. The lowest BCUT2D eigenvalue weighted by molar-refractivity contribution is -0.0532. The first-order chi connectivity index (χ1) is 18.2. The van der Waals surface area contributed by atoms with Crippen LogP contribution in [0.15, 0.2) is 42.5 Å². The molecule has 0 saturated heterocycles. The number of ether oxygens (including phenoxy) is 2. The van der Waals surface area contributed by atoms with Gasteiger partial charge >= 0.3 is 12.0 Å². The summed E-state index contributed by atoms with van der Waals surface area (Å²) in [6.07, 6.45) is 4.66. The molecular weight excluding hydrogens is 480 g/mol. The highest BCUT2D eigenvalue weighted by Gasteiger charge is 2.26. The topological polar surface area (TPSA) is 88.1 Å². The third-order valence-electron chi connectivity index (χ3n) is 7.30. The molecule has 0 radical (unpaired) electrons. The minimum absolute atomic E-state index is 0.0243. The van der Waals surface area contributed by atoms with Crippen molar-refractivity contribution < 1.29 is 24.2 Å². The number of carboxylic acids is 1. The number of urea groups is 1. The fraction of sp³-hybridized carbons (Fsp3) is 0.548. The standard InChI is InChI=1S/C31H44N2O5/c1-21(2)18-24(5)33(31(36)32-28-15-7-6-10-22(28)3)16-17-37-26-13-9-14-27(19-26)38-20-25-12-8-11-23(4)29(25)30(34)35/h6-8,10-12,15,21,24,26-27H,9,13-14,16-20H2,1-5H3,(H,32,36)(H,34,35). The number of hydrogen-bond acceptors (Lipinski definition) is 4. The number of para-hydroxylation sites is 1. The number of amides is 2. The average molecular weight is 525 g/mol. The maximum atomic E-state index is 13.2. The molecule has 3 atom stereocenters. The van der Waals surface area contributed by atoms with Crippen LogP contribution in [0.3, 0.4) is 0 Å². The van der Waals surface area contributed by atoms with Gasteiger partial charge in [-0.3, -0.25) is 0 Å². The first-order valence-electron chi connectivity index (χ1n) is 13.8. The fourth-order valence-corrected chi connectivity index (χ4v) is 5.32. The number of benzene rings is 2. The first-order valence-corrected chi connectivity index (χ1v) is 13.8. The molecule has 208 valence electrons. The van der Waals surface area contributed by atoms with Gasteiger partial charge in [0, 0.05) is 18.3 Å². The van der Waals surface area contributed by atoms with Gasteiger partial charge in [-0.2, -0.15) is 0 Å². The predicted octanol–water partition coefficient (Wildman–Crippen LogP) is 6.81. The normalized spacial score (nSPS) is 18.3. The van der Waals surface area contributed by atoms with Gasteiger partial charge in [-0.15, -0.1) is 0 Å². The molecule has 38 heavy (non-hydrogen) atoms. The number of aromatic carboxylic acids is 1. The molecule has 0 bridgehead atoms. The Balaban J connectivity index is 1.54. The van der Waals surface area contributed by atoms with Gasteiger partial charge in [0.15, 0.2) is 0 Å². The predicted molar refractivity (Wildman–Crippen MR) is 151 cm³/mol. The minimum Gasteiger partial charge on any atom is -0.478 e. The van der Waals surface area contributed by atoms with Gasteiger partial charge in [0.05, 0.1) is 31.0 Å². The van der Waals surface area contributed by atoms with Crippen LogP contribution < -0.4 is 5.32 Å². The van der Waals surface area contributed by atoms with Crippen molar-refractivity contribution in [3.8, 4) is 0 Å². The zero-order valence-electron chi connectivity index (χ0n) is 23.5. The summed E-state index contributed by atoms with van der Waals surface area (Å²) in [5.74, 6) is -0.444. The van der Waals surface area contributed by atoms with Crippen molar-refractivity contribution in [1.82, 2.24) is 4.90 Å². The summed E-state index contributed by atoms with van der Waals surface area (Å²) in [5.41, 5.74) is 3.63. The van der Waals surface area contributed by atoms with E-state index in [2.05, 4.69) is 26.1 Å². The van der Waals surface area contributed by atoms with Crippen LogP contribution in [0.25, 0.3) is 0 Å². The van der Waals surface area contributed by atoms with E-state index in [1.165, 1.54) is 0 Å². The molecule has 3 unspecified atom stereocenters. The molecule has 7 heteroatoms. The zero-order valence-corrected chi connectivity index (χ0v) is 23.5. The van der Waals surface area contributed by atoms with Crippen LogP contribution in [0.1, 0.15) is 79.9 Å². The van der Waals surface area contributed by atoms with Crippen LogP contribution >= 0.6 is 0 Å². The second-order valence-electron chi connectivity index (χ2n) is 10.9. The lowest BCUT2D eigenvalue weighted by Gasteiger charge is -2.33. The number of nitrogens with zero attached hydrogens (tertiary/aromatic N) is 1. The Morgan fingerprint density at radius 2 is 1.68 bits per heavy atom. The van der Waals surface area contributed by atoms with Gasteiger partial charge < -0.3 is 24.8 Å². The fourth-order valence-electron chi connectivity index (χ4n) is 5.32.